The Balaban J connectivity index is 1.64. The Morgan fingerprint density at radius 2 is 1.88 bits per heavy atom. The van der Waals surface area contributed by atoms with Gasteiger partial charge in [0.1, 0.15) is 18.2 Å². The number of ether oxygens (including phenoxy) is 1. The minimum absolute atomic E-state index is 0.0149. The van der Waals surface area contributed by atoms with Crippen molar-refractivity contribution in [3.63, 3.8) is 0 Å². The van der Waals surface area contributed by atoms with Gasteiger partial charge < -0.3 is 9.72 Å². The monoisotopic (exact) mass is 337 g/mol. The number of benzene rings is 2. The molecule has 1 aromatic heterocycles. The second-order valence-corrected chi connectivity index (χ2v) is 6.29. The summed E-state index contributed by atoms with van der Waals surface area (Å²) in [6.45, 7) is 5.38. The zero-order chi connectivity index (χ0) is 17.8. The van der Waals surface area contributed by atoms with E-state index < -0.39 is 0 Å². The standard InChI is InChI=1S/C20H23N3O2/c1-14-8-10-16(11-9-14)25-13-12-23(3)15(2)19-21-18-7-5-4-6-17(18)20(24)22-19/h4-11,15H,12-13H2,1-3H3,(H,21,22,24). The maximum Gasteiger partial charge on any atom is 0.258 e. The Morgan fingerprint density at radius 1 is 1.16 bits per heavy atom. The maximum atomic E-state index is 12.2. The van der Waals surface area contributed by atoms with Gasteiger partial charge in [0, 0.05) is 6.54 Å². The van der Waals surface area contributed by atoms with Crippen LogP contribution in [-0.2, 0) is 0 Å². The highest BCUT2D eigenvalue weighted by Crippen LogP contribution is 2.16. The van der Waals surface area contributed by atoms with Gasteiger partial charge in [-0.1, -0.05) is 29.8 Å². The molecule has 0 spiro atoms. The molecule has 25 heavy (non-hydrogen) atoms. The lowest BCUT2D eigenvalue weighted by Gasteiger charge is -2.24. The van der Waals surface area contributed by atoms with E-state index in [1.54, 1.807) is 6.07 Å². The Hall–Kier alpha value is -2.66. The highest BCUT2D eigenvalue weighted by Gasteiger charge is 2.15. The molecule has 0 aliphatic heterocycles. The van der Waals surface area contributed by atoms with E-state index in [-0.39, 0.29) is 11.6 Å². The molecule has 2 aromatic carbocycles. The predicted molar refractivity (Wildman–Crippen MR) is 100 cm³/mol. The van der Waals surface area contributed by atoms with Crippen LogP contribution in [0.1, 0.15) is 24.4 Å². The number of H-pyrrole nitrogens is 1. The van der Waals surface area contributed by atoms with E-state index in [0.29, 0.717) is 17.8 Å². The average molecular weight is 337 g/mol. The van der Waals surface area contributed by atoms with E-state index in [0.717, 1.165) is 17.8 Å². The highest BCUT2D eigenvalue weighted by atomic mass is 16.5. The van der Waals surface area contributed by atoms with Gasteiger partial charge in [-0.05, 0) is 45.2 Å². The summed E-state index contributed by atoms with van der Waals surface area (Å²) in [4.78, 5) is 21.8. The largest absolute Gasteiger partial charge is 0.492 e. The summed E-state index contributed by atoms with van der Waals surface area (Å²) in [5.41, 5.74) is 1.83. The van der Waals surface area contributed by atoms with Crippen LogP contribution in [0.4, 0.5) is 0 Å². The number of aryl methyl sites for hydroxylation is 1. The summed E-state index contributed by atoms with van der Waals surface area (Å²) in [6, 6.07) is 15.4. The van der Waals surface area contributed by atoms with Crippen molar-refractivity contribution < 1.29 is 4.74 Å². The number of hydrogen-bond acceptors (Lipinski definition) is 4. The van der Waals surface area contributed by atoms with Gasteiger partial charge in [-0.25, -0.2) is 4.98 Å². The summed E-state index contributed by atoms with van der Waals surface area (Å²) in [7, 11) is 2.00. The molecule has 130 valence electrons. The molecule has 0 aliphatic rings. The lowest BCUT2D eigenvalue weighted by atomic mass is 10.2. The molecule has 1 heterocycles. The number of hydrogen-bond donors (Lipinski definition) is 1. The Bertz CT molecular complexity index is 903. The Morgan fingerprint density at radius 3 is 2.64 bits per heavy atom. The number of aromatic nitrogens is 2. The fraction of sp³-hybridized carbons (Fsp3) is 0.300. The summed E-state index contributed by atoms with van der Waals surface area (Å²) < 4.78 is 5.78. The third-order valence-corrected chi connectivity index (χ3v) is 4.42. The second kappa shape index (κ2) is 7.49. The van der Waals surface area contributed by atoms with Gasteiger partial charge in [0.2, 0.25) is 0 Å². The van der Waals surface area contributed by atoms with Gasteiger partial charge in [0.25, 0.3) is 5.56 Å². The average Bonchev–Trinajstić information content (AvgIpc) is 2.62. The van der Waals surface area contributed by atoms with Gasteiger partial charge in [-0.2, -0.15) is 0 Å². The van der Waals surface area contributed by atoms with Gasteiger partial charge >= 0.3 is 0 Å². The zero-order valence-electron chi connectivity index (χ0n) is 14.8. The van der Waals surface area contributed by atoms with Crippen LogP contribution in [0, 0.1) is 6.92 Å². The molecule has 0 bridgehead atoms. The molecule has 1 unspecified atom stereocenters. The number of likely N-dealkylation sites (N-methyl/N-ethyl adjacent to an activating group) is 1. The molecule has 0 aliphatic carbocycles. The summed E-state index contributed by atoms with van der Waals surface area (Å²) in [5, 5.41) is 0.615. The van der Waals surface area contributed by atoms with Crippen LogP contribution in [0.25, 0.3) is 10.9 Å². The normalized spacial score (nSPS) is 12.5. The van der Waals surface area contributed by atoms with E-state index in [2.05, 4.69) is 21.8 Å². The smallest absolute Gasteiger partial charge is 0.258 e. The van der Waals surface area contributed by atoms with E-state index in [1.165, 1.54) is 5.56 Å². The van der Waals surface area contributed by atoms with Crippen molar-refractivity contribution in [3.05, 3.63) is 70.3 Å². The van der Waals surface area contributed by atoms with Crippen LogP contribution in [0.15, 0.2) is 53.3 Å². The number of nitrogens with zero attached hydrogens (tertiary/aromatic N) is 2. The maximum absolute atomic E-state index is 12.2. The summed E-state index contributed by atoms with van der Waals surface area (Å²) >= 11 is 0. The van der Waals surface area contributed by atoms with E-state index in [9.17, 15) is 4.79 Å². The molecular formula is C20H23N3O2. The van der Waals surface area contributed by atoms with Crippen molar-refractivity contribution in [1.29, 1.82) is 0 Å². The third kappa shape index (κ3) is 4.06. The lowest BCUT2D eigenvalue weighted by molar-refractivity contribution is 0.196. The molecule has 1 N–H and O–H groups in total. The van der Waals surface area contributed by atoms with Gasteiger partial charge in [-0.15, -0.1) is 0 Å². The van der Waals surface area contributed by atoms with Crippen LogP contribution in [-0.4, -0.2) is 35.1 Å². The molecule has 0 radical (unpaired) electrons. The summed E-state index contributed by atoms with van der Waals surface area (Å²) in [6.07, 6.45) is 0. The van der Waals surface area contributed by atoms with Crippen LogP contribution >= 0.6 is 0 Å². The molecule has 5 nitrogen and oxygen atoms in total. The number of aromatic amines is 1. The van der Waals surface area contributed by atoms with E-state index in [4.69, 9.17) is 4.74 Å². The number of para-hydroxylation sites is 1. The van der Waals surface area contributed by atoms with Crippen LogP contribution in [0.3, 0.4) is 0 Å². The first-order valence-corrected chi connectivity index (χ1v) is 8.43. The molecule has 0 amide bonds. The number of fused-ring (bicyclic) bond motifs is 1. The van der Waals surface area contributed by atoms with Crippen molar-refractivity contribution in [3.8, 4) is 5.75 Å². The van der Waals surface area contributed by atoms with E-state index in [1.807, 2.05) is 56.4 Å². The molecule has 1 atom stereocenters. The van der Waals surface area contributed by atoms with E-state index >= 15 is 0 Å². The molecule has 3 aromatic rings. The lowest BCUT2D eigenvalue weighted by Crippen LogP contribution is -2.29. The zero-order valence-corrected chi connectivity index (χ0v) is 14.8. The fourth-order valence-electron chi connectivity index (χ4n) is 2.65. The van der Waals surface area contributed by atoms with Crippen molar-refractivity contribution in [2.45, 2.75) is 19.9 Å². The second-order valence-electron chi connectivity index (χ2n) is 6.29. The van der Waals surface area contributed by atoms with Crippen molar-refractivity contribution in [2.24, 2.45) is 0 Å². The Labute approximate surface area is 147 Å². The van der Waals surface area contributed by atoms with Crippen LogP contribution < -0.4 is 10.3 Å². The SMILES string of the molecule is Cc1ccc(OCCN(C)C(C)c2nc3ccccc3c(=O)[nH]2)cc1. The topological polar surface area (TPSA) is 58.2 Å². The minimum Gasteiger partial charge on any atom is -0.492 e. The molecule has 3 rings (SSSR count). The van der Waals surface area contributed by atoms with Gasteiger partial charge in [0.05, 0.1) is 16.9 Å². The first-order chi connectivity index (χ1) is 12.0. The molecule has 0 fully saturated rings. The Kier molecular flexibility index (Phi) is 5.14. The molecule has 0 saturated carbocycles. The summed E-state index contributed by atoms with van der Waals surface area (Å²) in [5.74, 6) is 1.53. The third-order valence-electron chi connectivity index (χ3n) is 4.42. The van der Waals surface area contributed by atoms with Crippen LogP contribution in [0.2, 0.25) is 0 Å². The molecule has 0 saturated heterocycles. The first kappa shape index (κ1) is 17.2. The first-order valence-electron chi connectivity index (χ1n) is 8.43. The van der Waals surface area contributed by atoms with Gasteiger partial charge in [-0.3, -0.25) is 9.69 Å². The van der Waals surface area contributed by atoms with Crippen molar-refractivity contribution >= 4 is 10.9 Å². The number of nitrogens with one attached hydrogen (secondary N) is 1. The van der Waals surface area contributed by atoms with Crippen LogP contribution in [0.5, 0.6) is 5.75 Å². The quantitative estimate of drug-likeness (QED) is 0.750. The fourth-order valence-corrected chi connectivity index (χ4v) is 2.65. The predicted octanol–water partition coefficient (Wildman–Crippen LogP) is 3.30. The van der Waals surface area contributed by atoms with Crippen molar-refractivity contribution in [1.82, 2.24) is 14.9 Å². The molecular weight excluding hydrogens is 314 g/mol. The van der Waals surface area contributed by atoms with Gasteiger partial charge in [0.15, 0.2) is 0 Å². The molecule has 5 heteroatoms. The minimum atomic E-state index is -0.100. The van der Waals surface area contributed by atoms with Crippen molar-refractivity contribution in [2.75, 3.05) is 20.2 Å². The highest BCUT2D eigenvalue weighted by molar-refractivity contribution is 5.77. The number of rotatable bonds is 6.